The van der Waals surface area contributed by atoms with Gasteiger partial charge in [0.05, 0.1) is 11.6 Å². The van der Waals surface area contributed by atoms with Crippen LogP contribution in [0.2, 0.25) is 0 Å². The van der Waals surface area contributed by atoms with Crippen molar-refractivity contribution in [3.8, 4) is 6.07 Å². The molecule has 104 valence electrons. The van der Waals surface area contributed by atoms with E-state index in [4.69, 9.17) is 5.26 Å². The molecule has 0 saturated heterocycles. The maximum atomic E-state index is 13.8. The molecule has 0 saturated carbocycles. The van der Waals surface area contributed by atoms with E-state index in [9.17, 15) is 9.18 Å². The second kappa shape index (κ2) is 5.37. The molecule has 21 heavy (non-hydrogen) atoms. The first kappa shape index (κ1) is 13.3. The molecule has 0 fully saturated rings. The highest BCUT2D eigenvalue weighted by atomic mass is 19.1. The average molecular weight is 280 g/mol. The quantitative estimate of drug-likeness (QED) is 0.806. The van der Waals surface area contributed by atoms with E-state index in [0.29, 0.717) is 36.2 Å². The molecule has 4 heteroatoms. The van der Waals surface area contributed by atoms with Gasteiger partial charge in [0.2, 0.25) is 0 Å². The summed E-state index contributed by atoms with van der Waals surface area (Å²) in [5.41, 5.74) is 2.61. The highest BCUT2D eigenvalue weighted by Crippen LogP contribution is 2.23. The summed E-state index contributed by atoms with van der Waals surface area (Å²) in [5.74, 6) is -0.391. The Balaban J connectivity index is 1.83. The molecule has 1 heterocycles. The van der Waals surface area contributed by atoms with Crippen molar-refractivity contribution in [1.29, 1.82) is 5.26 Å². The van der Waals surface area contributed by atoms with E-state index in [1.54, 1.807) is 35.2 Å². The van der Waals surface area contributed by atoms with Crippen molar-refractivity contribution < 1.29 is 9.18 Å². The zero-order valence-electron chi connectivity index (χ0n) is 11.3. The summed E-state index contributed by atoms with van der Waals surface area (Å²) in [4.78, 5) is 14.1. The Kier molecular flexibility index (Phi) is 3.41. The molecule has 1 aliphatic heterocycles. The van der Waals surface area contributed by atoms with Crippen LogP contribution in [0, 0.1) is 17.1 Å². The predicted octanol–water partition coefficient (Wildman–Crippen LogP) is 2.90. The van der Waals surface area contributed by atoms with Crippen molar-refractivity contribution in [2.24, 2.45) is 0 Å². The van der Waals surface area contributed by atoms with Crippen molar-refractivity contribution in [3.05, 3.63) is 70.5 Å². The maximum Gasteiger partial charge on any atom is 0.254 e. The topological polar surface area (TPSA) is 44.1 Å². The molecule has 0 aromatic heterocycles. The van der Waals surface area contributed by atoms with Gasteiger partial charge in [-0.05, 0) is 42.3 Å². The lowest BCUT2D eigenvalue weighted by atomic mass is 9.98. The number of benzene rings is 2. The molecule has 0 radical (unpaired) electrons. The summed E-state index contributed by atoms with van der Waals surface area (Å²) in [6, 6.07) is 13.6. The summed E-state index contributed by atoms with van der Waals surface area (Å²) in [5, 5.41) is 8.77. The monoisotopic (exact) mass is 280 g/mol. The zero-order chi connectivity index (χ0) is 14.8. The Bertz CT molecular complexity index is 731. The van der Waals surface area contributed by atoms with E-state index < -0.39 is 0 Å². The van der Waals surface area contributed by atoms with E-state index in [2.05, 4.69) is 0 Å². The van der Waals surface area contributed by atoms with Gasteiger partial charge < -0.3 is 4.90 Å². The number of carbonyl (C=O) groups excluding carboxylic acids is 1. The van der Waals surface area contributed by atoms with E-state index in [0.717, 1.165) is 5.56 Å². The van der Waals surface area contributed by atoms with Crippen LogP contribution in [0.5, 0.6) is 0 Å². The summed E-state index contributed by atoms with van der Waals surface area (Å²) < 4.78 is 13.8. The molecule has 0 N–H and O–H groups in total. The first-order valence-electron chi connectivity index (χ1n) is 6.75. The first-order valence-corrected chi connectivity index (χ1v) is 6.75. The van der Waals surface area contributed by atoms with Crippen molar-refractivity contribution >= 4 is 5.91 Å². The van der Waals surface area contributed by atoms with Gasteiger partial charge in [0.15, 0.2) is 0 Å². The Hall–Kier alpha value is -2.67. The molecule has 3 nitrogen and oxygen atoms in total. The van der Waals surface area contributed by atoms with Crippen LogP contribution in [0.1, 0.15) is 27.0 Å². The fourth-order valence-electron chi connectivity index (χ4n) is 2.58. The number of halogens is 1. The normalized spacial score (nSPS) is 13.4. The van der Waals surface area contributed by atoms with Gasteiger partial charge in [-0.25, -0.2) is 4.39 Å². The number of hydrogen-bond donors (Lipinski definition) is 0. The second-order valence-electron chi connectivity index (χ2n) is 5.04. The molecule has 0 spiro atoms. The molecule has 1 amide bonds. The number of hydrogen-bond acceptors (Lipinski definition) is 2. The highest BCUT2D eigenvalue weighted by Gasteiger charge is 2.23. The van der Waals surface area contributed by atoms with Gasteiger partial charge in [-0.3, -0.25) is 4.79 Å². The van der Waals surface area contributed by atoms with Crippen molar-refractivity contribution in [1.82, 2.24) is 4.90 Å². The smallest absolute Gasteiger partial charge is 0.254 e. The molecule has 3 rings (SSSR count). The van der Waals surface area contributed by atoms with Crippen LogP contribution in [0.3, 0.4) is 0 Å². The third-order valence-corrected chi connectivity index (χ3v) is 3.76. The van der Waals surface area contributed by atoms with Crippen molar-refractivity contribution in [3.63, 3.8) is 0 Å². The molecule has 2 aromatic carbocycles. The summed E-state index contributed by atoms with van der Waals surface area (Å²) >= 11 is 0. The number of fused-ring (bicyclic) bond motifs is 1. The van der Waals surface area contributed by atoms with Gasteiger partial charge in [0.1, 0.15) is 5.82 Å². The van der Waals surface area contributed by atoms with E-state index in [1.165, 1.54) is 6.07 Å². The van der Waals surface area contributed by atoms with Gasteiger partial charge >= 0.3 is 0 Å². The number of amides is 1. The number of carbonyl (C=O) groups is 1. The Labute approximate surface area is 122 Å². The number of rotatable bonds is 1. The van der Waals surface area contributed by atoms with Gasteiger partial charge in [-0.15, -0.1) is 0 Å². The standard InChI is InChI=1S/C17H13FN2O/c18-16-3-1-2-13-8-9-20(11-15(13)16)17(21)14-6-4-12(10-19)5-7-14/h1-7H,8-9,11H2. The Morgan fingerprint density at radius 1 is 1.19 bits per heavy atom. The lowest BCUT2D eigenvalue weighted by Crippen LogP contribution is -2.36. The minimum absolute atomic E-state index is 0.131. The van der Waals surface area contributed by atoms with Crippen LogP contribution < -0.4 is 0 Å². The zero-order valence-corrected chi connectivity index (χ0v) is 11.3. The van der Waals surface area contributed by atoms with E-state index in [1.807, 2.05) is 12.1 Å². The lowest BCUT2D eigenvalue weighted by molar-refractivity contribution is 0.0732. The summed E-state index contributed by atoms with van der Waals surface area (Å²) in [6.45, 7) is 0.871. The highest BCUT2D eigenvalue weighted by molar-refractivity contribution is 5.94. The van der Waals surface area contributed by atoms with Gasteiger partial charge in [-0.1, -0.05) is 12.1 Å². The van der Waals surface area contributed by atoms with Crippen molar-refractivity contribution in [2.75, 3.05) is 6.54 Å². The largest absolute Gasteiger partial charge is 0.334 e. The first-order chi connectivity index (χ1) is 10.2. The maximum absolute atomic E-state index is 13.8. The second-order valence-corrected chi connectivity index (χ2v) is 5.04. The average Bonchev–Trinajstić information content (AvgIpc) is 2.54. The van der Waals surface area contributed by atoms with Crippen molar-refractivity contribution in [2.45, 2.75) is 13.0 Å². The molecule has 0 aliphatic carbocycles. The van der Waals surface area contributed by atoms with Gasteiger partial charge in [0, 0.05) is 24.2 Å². The third-order valence-electron chi connectivity index (χ3n) is 3.76. The number of nitrogens with zero attached hydrogens (tertiary/aromatic N) is 2. The fraction of sp³-hybridized carbons (Fsp3) is 0.176. The van der Waals surface area contributed by atoms with Crippen LogP contribution in [-0.4, -0.2) is 17.4 Å². The SMILES string of the molecule is N#Cc1ccc(C(=O)N2CCc3cccc(F)c3C2)cc1. The Morgan fingerprint density at radius 3 is 2.67 bits per heavy atom. The van der Waals surface area contributed by atoms with Crippen LogP contribution in [-0.2, 0) is 13.0 Å². The minimum Gasteiger partial charge on any atom is -0.334 e. The molecule has 1 aliphatic rings. The molecule has 2 aromatic rings. The lowest BCUT2D eigenvalue weighted by Gasteiger charge is -2.29. The van der Waals surface area contributed by atoms with Gasteiger partial charge in [0.25, 0.3) is 5.91 Å². The molecular formula is C17H13FN2O. The molecule has 0 unspecified atom stereocenters. The fourth-order valence-corrected chi connectivity index (χ4v) is 2.58. The minimum atomic E-state index is -0.259. The van der Waals surface area contributed by atoms with Crippen LogP contribution >= 0.6 is 0 Å². The summed E-state index contributed by atoms with van der Waals surface area (Å²) in [6.07, 6.45) is 0.662. The van der Waals surface area contributed by atoms with E-state index >= 15 is 0 Å². The molecule has 0 bridgehead atoms. The predicted molar refractivity (Wildman–Crippen MR) is 76.0 cm³/mol. The van der Waals surface area contributed by atoms with Gasteiger partial charge in [-0.2, -0.15) is 5.26 Å². The van der Waals surface area contributed by atoms with E-state index in [-0.39, 0.29) is 11.7 Å². The molecular weight excluding hydrogens is 267 g/mol. The van der Waals surface area contributed by atoms with Crippen LogP contribution in [0.15, 0.2) is 42.5 Å². The molecule has 0 atom stereocenters. The third kappa shape index (κ3) is 2.50. The van der Waals surface area contributed by atoms with Crippen LogP contribution in [0.25, 0.3) is 0 Å². The summed E-state index contributed by atoms with van der Waals surface area (Å²) in [7, 11) is 0. The Morgan fingerprint density at radius 2 is 1.95 bits per heavy atom. The number of nitriles is 1. The van der Waals surface area contributed by atoms with Crippen LogP contribution in [0.4, 0.5) is 4.39 Å².